The van der Waals surface area contributed by atoms with E-state index in [1.54, 1.807) is 0 Å². The molecule has 0 saturated carbocycles. The average molecular weight is 225 g/mol. The molecule has 0 N–H and O–H groups in total. The summed E-state index contributed by atoms with van der Waals surface area (Å²) in [5.41, 5.74) is 0. The Kier molecular flexibility index (Phi) is 2.14. The number of likely N-dealkylation sites (tertiary alicyclic amines) is 1. The van der Waals surface area contributed by atoms with E-state index in [2.05, 4.69) is 41.5 Å². The second-order valence-electron chi connectivity index (χ2n) is 2.66. The van der Waals surface area contributed by atoms with Crippen molar-refractivity contribution >= 4 is 22.6 Å². The van der Waals surface area contributed by atoms with Crippen LogP contribution in [0.25, 0.3) is 0 Å². The molecule has 2 heteroatoms. The third-order valence-corrected chi connectivity index (χ3v) is 2.76. The highest BCUT2D eigenvalue weighted by molar-refractivity contribution is 14.1. The summed E-state index contributed by atoms with van der Waals surface area (Å²) in [5.74, 6) is 0.973. The minimum Gasteiger partial charge on any atom is -0.306 e. The first-order valence-electron chi connectivity index (χ1n) is 3.03. The molecule has 0 spiro atoms. The Morgan fingerprint density at radius 1 is 1.62 bits per heavy atom. The van der Waals surface area contributed by atoms with E-state index in [0.29, 0.717) is 0 Å². The Morgan fingerprint density at radius 3 is 2.25 bits per heavy atom. The highest BCUT2D eigenvalue weighted by Gasteiger charge is 2.26. The molecule has 0 aromatic heterocycles. The van der Waals surface area contributed by atoms with E-state index in [1.165, 1.54) is 13.1 Å². The molecular formula is C6H12IN. The van der Waals surface area contributed by atoms with Crippen LogP contribution in [0.4, 0.5) is 0 Å². The summed E-state index contributed by atoms with van der Waals surface area (Å²) in [7, 11) is 2.18. The van der Waals surface area contributed by atoms with Gasteiger partial charge < -0.3 is 4.90 Å². The van der Waals surface area contributed by atoms with Crippen LogP contribution in [0.5, 0.6) is 0 Å². The fraction of sp³-hybridized carbons (Fsp3) is 1.00. The Morgan fingerprint density at radius 2 is 2.12 bits per heavy atom. The summed E-state index contributed by atoms with van der Waals surface area (Å²) in [6.07, 6.45) is 0. The summed E-state index contributed by atoms with van der Waals surface area (Å²) in [4.78, 5) is 2.36. The molecule has 0 bridgehead atoms. The predicted molar refractivity (Wildman–Crippen MR) is 44.5 cm³/mol. The van der Waals surface area contributed by atoms with Gasteiger partial charge in [0.05, 0.1) is 0 Å². The first-order valence-corrected chi connectivity index (χ1v) is 4.27. The lowest BCUT2D eigenvalue weighted by atomic mass is 9.99. The number of halogens is 1. The smallest absolute Gasteiger partial charge is 0.0134 e. The topological polar surface area (TPSA) is 3.24 Å². The molecule has 8 heavy (non-hydrogen) atoms. The van der Waals surface area contributed by atoms with Gasteiger partial charge in [-0.05, 0) is 13.0 Å². The third kappa shape index (κ3) is 1.35. The minimum absolute atomic E-state index is 0.865. The zero-order chi connectivity index (χ0) is 6.15. The molecule has 1 rings (SSSR count). The maximum atomic E-state index is 2.50. The van der Waals surface area contributed by atoms with Crippen LogP contribution in [-0.2, 0) is 0 Å². The van der Waals surface area contributed by atoms with Crippen molar-refractivity contribution in [1.82, 2.24) is 4.90 Å². The van der Waals surface area contributed by atoms with Gasteiger partial charge in [-0.25, -0.2) is 0 Å². The average Bonchev–Trinajstić information content (AvgIpc) is 1.57. The second-order valence-corrected chi connectivity index (χ2v) is 4.62. The van der Waals surface area contributed by atoms with E-state index in [0.717, 1.165) is 9.84 Å². The molecule has 0 aliphatic carbocycles. The maximum absolute atomic E-state index is 2.50. The van der Waals surface area contributed by atoms with Gasteiger partial charge in [-0.1, -0.05) is 29.5 Å². The van der Waals surface area contributed by atoms with E-state index in [-0.39, 0.29) is 0 Å². The number of nitrogens with zero attached hydrogens (tertiary/aromatic N) is 1. The quantitative estimate of drug-likeness (QED) is 0.481. The lowest BCUT2D eigenvalue weighted by molar-refractivity contribution is 0.139. The van der Waals surface area contributed by atoms with Gasteiger partial charge in [-0.3, -0.25) is 0 Å². The van der Waals surface area contributed by atoms with Crippen molar-refractivity contribution in [2.75, 3.05) is 20.1 Å². The van der Waals surface area contributed by atoms with Crippen LogP contribution < -0.4 is 0 Å². The van der Waals surface area contributed by atoms with Crippen LogP contribution in [0.1, 0.15) is 6.92 Å². The summed E-state index contributed by atoms with van der Waals surface area (Å²) in [6, 6.07) is 0. The maximum Gasteiger partial charge on any atom is 0.0134 e. The number of alkyl halides is 1. The van der Waals surface area contributed by atoms with Gasteiger partial charge in [0.15, 0.2) is 0 Å². The van der Waals surface area contributed by atoms with Crippen molar-refractivity contribution in [3.63, 3.8) is 0 Å². The van der Waals surface area contributed by atoms with Crippen LogP contribution >= 0.6 is 22.6 Å². The van der Waals surface area contributed by atoms with E-state index in [9.17, 15) is 0 Å². The van der Waals surface area contributed by atoms with Crippen molar-refractivity contribution in [3.8, 4) is 0 Å². The van der Waals surface area contributed by atoms with Gasteiger partial charge >= 0.3 is 0 Å². The van der Waals surface area contributed by atoms with Crippen LogP contribution in [0.15, 0.2) is 0 Å². The molecule has 1 saturated heterocycles. The zero-order valence-electron chi connectivity index (χ0n) is 5.39. The fourth-order valence-electron chi connectivity index (χ4n) is 1.04. The standard InChI is InChI=1S/C6H12IN/c1-5(7)6-3-8(2)4-6/h5-6H,3-4H2,1-2H3. The summed E-state index contributed by atoms with van der Waals surface area (Å²) in [5, 5.41) is 0. The highest BCUT2D eigenvalue weighted by atomic mass is 127. The highest BCUT2D eigenvalue weighted by Crippen LogP contribution is 2.21. The molecule has 1 unspecified atom stereocenters. The Hall–Kier alpha value is 0.690. The normalized spacial score (nSPS) is 27.4. The van der Waals surface area contributed by atoms with Gasteiger partial charge in [0.25, 0.3) is 0 Å². The SMILES string of the molecule is CC(I)C1CN(C)C1. The molecule has 48 valence electrons. The van der Waals surface area contributed by atoms with Crippen molar-refractivity contribution in [1.29, 1.82) is 0 Å². The van der Waals surface area contributed by atoms with E-state index in [4.69, 9.17) is 0 Å². The van der Waals surface area contributed by atoms with Gasteiger partial charge in [-0.2, -0.15) is 0 Å². The van der Waals surface area contributed by atoms with Gasteiger partial charge in [0, 0.05) is 17.0 Å². The Labute approximate surface area is 64.6 Å². The zero-order valence-corrected chi connectivity index (χ0v) is 7.55. The van der Waals surface area contributed by atoms with E-state index in [1.807, 2.05) is 0 Å². The fourth-order valence-corrected chi connectivity index (χ4v) is 1.49. The lowest BCUT2D eigenvalue weighted by Gasteiger charge is -2.38. The van der Waals surface area contributed by atoms with Gasteiger partial charge in [0.2, 0.25) is 0 Å². The first kappa shape index (κ1) is 6.81. The molecule has 1 heterocycles. The number of hydrogen-bond donors (Lipinski definition) is 0. The summed E-state index contributed by atoms with van der Waals surface area (Å²) >= 11 is 2.50. The minimum atomic E-state index is 0.865. The van der Waals surface area contributed by atoms with Crippen LogP contribution in [0.2, 0.25) is 0 Å². The Balaban J connectivity index is 2.15. The molecule has 0 radical (unpaired) electrons. The predicted octanol–water partition coefficient (Wildman–Crippen LogP) is 1.37. The number of hydrogen-bond acceptors (Lipinski definition) is 1. The van der Waals surface area contributed by atoms with Crippen molar-refractivity contribution < 1.29 is 0 Å². The number of rotatable bonds is 1. The lowest BCUT2D eigenvalue weighted by Crippen LogP contribution is -2.47. The van der Waals surface area contributed by atoms with Gasteiger partial charge in [0.1, 0.15) is 0 Å². The van der Waals surface area contributed by atoms with Gasteiger partial charge in [-0.15, -0.1) is 0 Å². The molecular weight excluding hydrogens is 213 g/mol. The molecule has 0 amide bonds. The van der Waals surface area contributed by atoms with E-state index < -0.39 is 0 Å². The van der Waals surface area contributed by atoms with Crippen LogP contribution in [-0.4, -0.2) is 29.0 Å². The first-order chi connectivity index (χ1) is 3.70. The molecule has 1 atom stereocenters. The molecule has 1 aliphatic rings. The molecule has 0 aromatic carbocycles. The van der Waals surface area contributed by atoms with Crippen LogP contribution in [0.3, 0.4) is 0 Å². The summed E-state index contributed by atoms with van der Waals surface area (Å²) in [6.45, 7) is 4.91. The van der Waals surface area contributed by atoms with Crippen molar-refractivity contribution in [2.24, 2.45) is 5.92 Å². The largest absolute Gasteiger partial charge is 0.306 e. The monoisotopic (exact) mass is 225 g/mol. The van der Waals surface area contributed by atoms with E-state index >= 15 is 0 Å². The molecule has 1 fully saturated rings. The van der Waals surface area contributed by atoms with Crippen LogP contribution in [0, 0.1) is 5.92 Å². The molecule has 1 aliphatic heterocycles. The van der Waals surface area contributed by atoms with Crippen molar-refractivity contribution in [3.05, 3.63) is 0 Å². The van der Waals surface area contributed by atoms with Crippen molar-refractivity contribution in [2.45, 2.75) is 10.8 Å². The molecule has 0 aromatic rings. The summed E-state index contributed by atoms with van der Waals surface area (Å²) < 4.78 is 0.865. The second kappa shape index (κ2) is 2.52. The third-order valence-electron chi connectivity index (χ3n) is 1.74. The molecule has 1 nitrogen and oxygen atoms in total. The Bertz CT molecular complexity index is 76.6.